The number of nitrogens with zero attached hydrogens (tertiary/aromatic N) is 3. The number of amides is 1. The van der Waals surface area contributed by atoms with Crippen molar-refractivity contribution in [1.82, 2.24) is 8.87 Å². The van der Waals surface area contributed by atoms with E-state index >= 15 is 0 Å². The number of aromatic nitrogens is 1. The van der Waals surface area contributed by atoms with Gasteiger partial charge in [0.25, 0.3) is 5.91 Å². The average molecular weight is 457 g/mol. The van der Waals surface area contributed by atoms with Crippen LogP contribution in [0.25, 0.3) is 6.08 Å². The molecule has 10 heteroatoms. The Kier molecular flexibility index (Phi) is 7.16. The van der Waals surface area contributed by atoms with Gasteiger partial charge < -0.3 is 9.88 Å². The molecule has 0 radical (unpaired) electrons. The number of halogens is 2. The lowest BCUT2D eigenvalue weighted by Gasteiger charge is -2.29. The zero-order valence-electron chi connectivity index (χ0n) is 17.4. The highest BCUT2D eigenvalue weighted by molar-refractivity contribution is 7.91. The van der Waals surface area contributed by atoms with E-state index in [1.807, 2.05) is 19.9 Å². The lowest BCUT2D eigenvalue weighted by molar-refractivity contribution is 0.101. The summed E-state index contributed by atoms with van der Waals surface area (Å²) in [6.07, 6.45) is 5.33. The predicted octanol–water partition coefficient (Wildman–Crippen LogP) is 4.02. The van der Waals surface area contributed by atoms with Crippen molar-refractivity contribution in [3.63, 3.8) is 0 Å². The molecule has 1 aliphatic rings. The van der Waals surface area contributed by atoms with Crippen LogP contribution >= 0.6 is 13.5 Å². The second-order valence-electron chi connectivity index (χ2n) is 7.27. The van der Waals surface area contributed by atoms with Gasteiger partial charge >= 0.3 is 0 Å². The summed E-state index contributed by atoms with van der Waals surface area (Å²) in [5.41, 5.74) is 0.882. The quantitative estimate of drug-likeness (QED) is 0.758. The molecule has 2 heterocycles. The third-order valence-corrected chi connectivity index (χ3v) is 7.48. The van der Waals surface area contributed by atoms with Crippen LogP contribution in [-0.2, 0) is 17.0 Å². The van der Waals surface area contributed by atoms with Gasteiger partial charge in [0.1, 0.15) is 15.6 Å². The van der Waals surface area contributed by atoms with Crippen molar-refractivity contribution in [2.75, 3.05) is 19.4 Å². The number of carbonyl (C=O) groups excluding carboxylic acids is 1. The summed E-state index contributed by atoms with van der Waals surface area (Å²) in [4.78, 5) is 13.4. The summed E-state index contributed by atoms with van der Waals surface area (Å²) in [5, 5.41) is 2.58. The van der Waals surface area contributed by atoms with E-state index < -0.39 is 27.5 Å². The summed E-state index contributed by atoms with van der Waals surface area (Å²) in [7, 11) is 1.99. The molecule has 1 amide bonds. The van der Waals surface area contributed by atoms with Gasteiger partial charge in [-0.15, -0.1) is 0 Å². The number of likely N-dealkylation sites (N-methyl/N-ethyl adjacent to an activating group) is 1. The lowest BCUT2D eigenvalue weighted by atomic mass is 10.0. The Morgan fingerprint density at radius 3 is 2.47 bits per heavy atom. The van der Waals surface area contributed by atoms with Gasteiger partial charge in [-0.25, -0.2) is 21.7 Å². The molecule has 2 atom stereocenters. The minimum Gasteiger partial charge on any atom is -0.345 e. The van der Waals surface area contributed by atoms with Gasteiger partial charge in [0.05, 0.1) is 4.90 Å². The number of aryl methyl sites for hydroxylation is 1. The van der Waals surface area contributed by atoms with Crippen molar-refractivity contribution >= 4 is 41.1 Å². The average Bonchev–Trinajstić information content (AvgIpc) is 2.95. The van der Waals surface area contributed by atoms with E-state index in [1.54, 1.807) is 35.2 Å². The number of hydrogen-bond acceptors (Lipinski definition) is 3. The van der Waals surface area contributed by atoms with Gasteiger partial charge in [0, 0.05) is 50.7 Å². The second kappa shape index (κ2) is 8.91. The van der Waals surface area contributed by atoms with Crippen LogP contribution < -0.4 is 5.32 Å². The van der Waals surface area contributed by atoms with Gasteiger partial charge in [-0.3, -0.25) is 4.79 Å². The minimum absolute atomic E-state index is 0. The van der Waals surface area contributed by atoms with Crippen LogP contribution in [0.3, 0.4) is 0 Å². The molecule has 164 valence electrons. The van der Waals surface area contributed by atoms with E-state index in [1.165, 1.54) is 13.1 Å². The summed E-state index contributed by atoms with van der Waals surface area (Å²) < 4.78 is 47.9. The molecule has 1 aromatic carbocycles. The van der Waals surface area contributed by atoms with E-state index in [0.29, 0.717) is 10.5 Å². The molecule has 1 unspecified atom stereocenters. The van der Waals surface area contributed by atoms with E-state index in [9.17, 15) is 17.8 Å². The first-order valence-corrected chi connectivity index (χ1v) is 10.6. The molecule has 3 rings (SSSR count). The van der Waals surface area contributed by atoms with Crippen LogP contribution in [0.1, 0.15) is 29.9 Å². The van der Waals surface area contributed by atoms with Crippen LogP contribution in [0.15, 0.2) is 39.7 Å². The summed E-state index contributed by atoms with van der Waals surface area (Å²) >= 11 is 0. The number of anilines is 1. The fourth-order valence-corrected chi connectivity index (χ4v) is 5.70. The van der Waals surface area contributed by atoms with E-state index in [2.05, 4.69) is 9.68 Å². The monoisotopic (exact) mass is 456 g/mol. The molecule has 1 aromatic heterocycles. The highest BCUT2D eigenvalue weighted by atomic mass is 32.2. The maximum Gasteiger partial charge on any atom is 0.272 e. The van der Waals surface area contributed by atoms with Crippen LogP contribution in [0.2, 0.25) is 0 Å². The van der Waals surface area contributed by atoms with E-state index in [0.717, 1.165) is 12.1 Å². The molecule has 0 spiro atoms. The van der Waals surface area contributed by atoms with Crippen LogP contribution in [0.5, 0.6) is 0 Å². The third kappa shape index (κ3) is 4.03. The topological polar surface area (TPSA) is 66.7 Å². The fourth-order valence-electron chi connectivity index (χ4n) is 3.54. The second-order valence-corrected chi connectivity index (χ2v) is 9.64. The Morgan fingerprint density at radius 1 is 1.23 bits per heavy atom. The van der Waals surface area contributed by atoms with Crippen molar-refractivity contribution in [2.45, 2.75) is 24.8 Å². The first-order chi connectivity index (χ1) is 13.6. The first-order valence-electron chi connectivity index (χ1n) is 9.12. The Morgan fingerprint density at radius 2 is 1.90 bits per heavy atom. The standard InChI is InChI=1S/C20H24F2N4O2S.H2S/c1-12(2)17-9-7-14-18(29(28,23-3)26(17)5)11-25(4)19(14)20(27)24-13-6-8-15(21)16(22)10-13;/h6-12,17H,1-5H3,(H,24,27);1H2/t17-,29?;/m1./s1. The lowest BCUT2D eigenvalue weighted by Crippen LogP contribution is -2.38. The number of rotatable bonds is 3. The highest BCUT2D eigenvalue weighted by Crippen LogP contribution is 2.33. The molecule has 0 aliphatic carbocycles. The zero-order valence-corrected chi connectivity index (χ0v) is 19.3. The molecule has 1 N–H and O–H groups in total. The molecular weight excluding hydrogens is 430 g/mol. The SMILES string of the molecule is CN=S1(=O)c2cn(C)c(C(=O)Nc3ccc(F)c(F)c3)c2C=C[C@H](C(C)C)N1C.S. The van der Waals surface area contributed by atoms with Crippen molar-refractivity contribution in [2.24, 2.45) is 17.3 Å². The molecule has 0 bridgehead atoms. The van der Waals surface area contributed by atoms with Gasteiger partial charge in [0.15, 0.2) is 11.6 Å². The number of hydrogen-bond donors (Lipinski definition) is 1. The van der Waals surface area contributed by atoms with Gasteiger partial charge in [0.2, 0.25) is 0 Å². The first kappa shape index (κ1) is 24.1. The molecular formula is C20H26F2N4O2S2. The summed E-state index contributed by atoms with van der Waals surface area (Å²) in [6.45, 7) is 4.04. The highest BCUT2D eigenvalue weighted by Gasteiger charge is 2.34. The molecule has 6 nitrogen and oxygen atoms in total. The van der Waals surface area contributed by atoms with E-state index in [-0.39, 0.29) is 36.8 Å². The maximum absolute atomic E-state index is 13.8. The largest absolute Gasteiger partial charge is 0.345 e. The van der Waals surface area contributed by atoms with Crippen molar-refractivity contribution in [3.8, 4) is 0 Å². The Hall–Kier alpha value is -2.17. The Bertz CT molecular complexity index is 1120. The van der Waals surface area contributed by atoms with E-state index in [4.69, 9.17) is 0 Å². The van der Waals surface area contributed by atoms with Gasteiger partial charge in [-0.2, -0.15) is 13.5 Å². The molecule has 2 aromatic rings. The van der Waals surface area contributed by atoms with Crippen molar-refractivity contribution in [3.05, 3.63) is 53.4 Å². The van der Waals surface area contributed by atoms with Crippen LogP contribution in [-0.4, -0.2) is 39.1 Å². The Balaban J connectivity index is 0.00000320. The number of fused-ring (bicyclic) bond motifs is 1. The number of nitrogens with one attached hydrogen (secondary N) is 1. The fraction of sp³-hybridized carbons (Fsp3) is 0.350. The van der Waals surface area contributed by atoms with Crippen molar-refractivity contribution in [1.29, 1.82) is 0 Å². The van der Waals surface area contributed by atoms with Crippen LogP contribution in [0, 0.1) is 17.6 Å². The zero-order chi connectivity index (χ0) is 21.5. The molecule has 1 aliphatic heterocycles. The number of carbonyl (C=O) groups is 1. The van der Waals surface area contributed by atoms with Crippen LogP contribution in [0.4, 0.5) is 14.5 Å². The normalized spacial score (nSPS) is 21.0. The maximum atomic E-state index is 13.8. The predicted molar refractivity (Wildman–Crippen MR) is 120 cm³/mol. The van der Waals surface area contributed by atoms with Crippen molar-refractivity contribution < 1.29 is 17.8 Å². The minimum atomic E-state index is -2.93. The van der Waals surface area contributed by atoms with Gasteiger partial charge in [-0.1, -0.05) is 26.0 Å². The summed E-state index contributed by atoms with van der Waals surface area (Å²) in [6, 6.07) is 3.01. The molecule has 0 saturated heterocycles. The smallest absolute Gasteiger partial charge is 0.272 e. The molecule has 0 fully saturated rings. The molecule has 0 saturated carbocycles. The summed E-state index contributed by atoms with van der Waals surface area (Å²) in [5.74, 6) is -2.39. The van der Waals surface area contributed by atoms with Gasteiger partial charge in [-0.05, 0) is 18.1 Å². The number of benzene rings is 1. The Labute approximate surface area is 182 Å². The molecule has 30 heavy (non-hydrogen) atoms. The third-order valence-electron chi connectivity index (χ3n) is 5.06.